The molecule has 0 spiro atoms. The van der Waals surface area contributed by atoms with Crippen LogP contribution < -0.4 is 0 Å². The summed E-state index contributed by atoms with van der Waals surface area (Å²) in [6.07, 6.45) is 1.10. The summed E-state index contributed by atoms with van der Waals surface area (Å²) >= 11 is 5.07. The van der Waals surface area contributed by atoms with Gasteiger partial charge in [-0.3, -0.25) is 0 Å². The zero-order chi connectivity index (χ0) is 10.6. The molecule has 0 saturated carbocycles. The van der Waals surface area contributed by atoms with Crippen molar-refractivity contribution in [1.82, 2.24) is 0 Å². The van der Waals surface area contributed by atoms with Gasteiger partial charge in [0.15, 0.2) is 0 Å². The summed E-state index contributed by atoms with van der Waals surface area (Å²) in [7, 11) is 0. The number of thiophene rings is 1. The van der Waals surface area contributed by atoms with Crippen LogP contribution in [0.4, 0.5) is 0 Å². The Kier molecular flexibility index (Phi) is 4.67. The zero-order valence-electron chi connectivity index (χ0n) is 8.30. The third kappa shape index (κ3) is 3.13. The molecule has 0 fully saturated rings. The second kappa shape index (κ2) is 5.55. The van der Waals surface area contributed by atoms with Crippen LogP contribution in [0.2, 0.25) is 0 Å². The summed E-state index contributed by atoms with van der Waals surface area (Å²) in [6, 6.07) is 1.99. The molecule has 1 aromatic heterocycles. The van der Waals surface area contributed by atoms with Crippen molar-refractivity contribution in [3.63, 3.8) is 0 Å². The summed E-state index contributed by atoms with van der Waals surface area (Å²) in [5, 5.41) is 9.81. The molecule has 76 valence electrons. The molecule has 0 saturated heterocycles. The fourth-order valence-corrected chi connectivity index (χ4v) is 2.70. The first-order chi connectivity index (χ1) is 6.65. The van der Waals surface area contributed by atoms with Crippen molar-refractivity contribution in [1.29, 1.82) is 0 Å². The van der Waals surface area contributed by atoms with Gasteiger partial charge >= 0.3 is 0 Å². The van der Waals surface area contributed by atoms with E-state index in [1.165, 1.54) is 4.88 Å². The van der Waals surface area contributed by atoms with Crippen LogP contribution in [0.5, 0.6) is 0 Å². The largest absolute Gasteiger partial charge is 0.388 e. The fraction of sp³-hybridized carbons (Fsp3) is 0.455. The molecule has 14 heavy (non-hydrogen) atoms. The molecule has 1 heterocycles. The van der Waals surface area contributed by atoms with Gasteiger partial charge < -0.3 is 5.11 Å². The van der Waals surface area contributed by atoms with Gasteiger partial charge in [0.1, 0.15) is 0 Å². The summed E-state index contributed by atoms with van der Waals surface area (Å²) in [4.78, 5) is 2.23. The minimum absolute atomic E-state index is 0.370. The van der Waals surface area contributed by atoms with Crippen molar-refractivity contribution in [2.75, 3.05) is 0 Å². The highest BCUT2D eigenvalue weighted by Gasteiger charge is 2.11. The third-order valence-electron chi connectivity index (χ3n) is 1.92. The van der Waals surface area contributed by atoms with Gasteiger partial charge in [0, 0.05) is 20.6 Å². The van der Waals surface area contributed by atoms with E-state index in [-0.39, 0.29) is 6.10 Å². The molecule has 0 bridgehead atoms. The summed E-state index contributed by atoms with van der Waals surface area (Å²) in [6.45, 7) is 3.86. The lowest BCUT2D eigenvalue weighted by molar-refractivity contribution is 0.173. The highest BCUT2D eigenvalue weighted by molar-refractivity contribution is 9.10. The van der Waals surface area contributed by atoms with Crippen molar-refractivity contribution in [2.24, 2.45) is 0 Å². The topological polar surface area (TPSA) is 20.2 Å². The van der Waals surface area contributed by atoms with E-state index >= 15 is 0 Å². The Hall–Kier alpha value is -0.300. The zero-order valence-corrected chi connectivity index (χ0v) is 10.7. The van der Waals surface area contributed by atoms with E-state index in [0.29, 0.717) is 6.42 Å². The van der Waals surface area contributed by atoms with Crippen molar-refractivity contribution < 1.29 is 5.11 Å². The van der Waals surface area contributed by atoms with Gasteiger partial charge in [-0.2, -0.15) is 0 Å². The SMILES string of the molecule is CC#CCCC(O)c1cc(Br)c(C)s1. The number of aliphatic hydroxyl groups is 1. The molecule has 0 aromatic carbocycles. The molecule has 1 atom stereocenters. The van der Waals surface area contributed by atoms with Crippen molar-refractivity contribution in [3.05, 3.63) is 20.3 Å². The van der Waals surface area contributed by atoms with Crippen LogP contribution in [0.1, 0.15) is 35.6 Å². The summed E-state index contributed by atoms with van der Waals surface area (Å²) in [5.41, 5.74) is 0. The third-order valence-corrected chi connectivity index (χ3v) is 4.16. The molecule has 0 amide bonds. The average Bonchev–Trinajstić information content (AvgIpc) is 2.47. The molecule has 3 heteroatoms. The van der Waals surface area contributed by atoms with Gasteiger partial charge in [-0.05, 0) is 42.3 Å². The Morgan fingerprint density at radius 2 is 2.36 bits per heavy atom. The molecule has 0 radical (unpaired) electrons. The number of aliphatic hydroxyl groups excluding tert-OH is 1. The fourth-order valence-electron chi connectivity index (χ4n) is 1.12. The predicted octanol–water partition coefficient (Wildman–Crippen LogP) is 3.66. The van der Waals surface area contributed by atoms with Gasteiger partial charge in [0.05, 0.1) is 6.10 Å². The second-order valence-electron chi connectivity index (χ2n) is 3.03. The van der Waals surface area contributed by atoms with Gasteiger partial charge in [0.2, 0.25) is 0 Å². The van der Waals surface area contributed by atoms with Crippen molar-refractivity contribution in [3.8, 4) is 11.8 Å². The molecular weight excluding hydrogens is 260 g/mol. The predicted molar refractivity (Wildman–Crippen MR) is 64.4 cm³/mol. The molecule has 1 aromatic rings. The number of halogens is 1. The second-order valence-corrected chi connectivity index (χ2v) is 5.18. The highest BCUT2D eigenvalue weighted by Crippen LogP contribution is 2.32. The van der Waals surface area contributed by atoms with Crippen LogP contribution >= 0.6 is 27.3 Å². The number of rotatable bonds is 3. The number of hydrogen-bond acceptors (Lipinski definition) is 2. The lowest BCUT2D eigenvalue weighted by Crippen LogP contribution is -1.92. The molecule has 1 rings (SSSR count). The van der Waals surface area contributed by atoms with Crippen LogP contribution in [0.25, 0.3) is 0 Å². The minimum atomic E-state index is -0.370. The maximum atomic E-state index is 9.81. The number of aryl methyl sites for hydroxylation is 1. The van der Waals surface area contributed by atoms with E-state index in [1.54, 1.807) is 11.3 Å². The van der Waals surface area contributed by atoms with Crippen LogP contribution in [-0.2, 0) is 0 Å². The number of hydrogen-bond donors (Lipinski definition) is 1. The monoisotopic (exact) mass is 272 g/mol. The Balaban J connectivity index is 2.58. The van der Waals surface area contributed by atoms with Gasteiger partial charge in [-0.15, -0.1) is 23.2 Å². The van der Waals surface area contributed by atoms with Crippen molar-refractivity contribution in [2.45, 2.75) is 32.8 Å². The minimum Gasteiger partial charge on any atom is -0.388 e. The van der Waals surface area contributed by atoms with Crippen LogP contribution in [0.3, 0.4) is 0 Å². The van der Waals surface area contributed by atoms with Gasteiger partial charge in [-0.25, -0.2) is 0 Å². The first-order valence-electron chi connectivity index (χ1n) is 4.48. The summed E-state index contributed by atoms with van der Waals surface area (Å²) in [5.74, 6) is 5.78. The first kappa shape index (κ1) is 11.8. The Morgan fingerprint density at radius 3 is 2.86 bits per heavy atom. The molecule has 0 aliphatic heterocycles. The first-order valence-corrected chi connectivity index (χ1v) is 6.09. The maximum Gasteiger partial charge on any atom is 0.0891 e. The van der Waals surface area contributed by atoms with Gasteiger partial charge in [0.25, 0.3) is 0 Å². The lowest BCUT2D eigenvalue weighted by Gasteiger charge is -2.04. The van der Waals surface area contributed by atoms with Crippen LogP contribution in [-0.4, -0.2) is 5.11 Å². The van der Waals surface area contributed by atoms with E-state index < -0.39 is 0 Å². The Labute approximate surface area is 97.3 Å². The molecule has 1 N–H and O–H groups in total. The Morgan fingerprint density at radius 1 is 1.64 bits per heavy atom. The summed E-state index contributed by atoms with van der Waals surface area (Å²) < 4.78 is 1.08. The molecule has 1 unspecified atom stereocenters. The molecule has 0 aliphatic rings. The van der Waals surface area contributed by atoms with E-state index in [2.05, 4.69) is 27.8 Å². The van der Waals surface area contributed by atoms with Crippen molar-refractivity contribution >= 4 is 27.3 Å². The van der Waals surface area contributed by atoms with Crippen LogP contribution in [0, 0.1) is 18.8 Å². The highest BCUT2D eigenvalue weighted by atomic mass is 79.9. The molecule has 0 aliphatic carbocycles. The quantitative estimate of drug-likeness (QED) is 0.833. The van der Waals surface area contributed by atoms with E-state index in [0.717, 1.165) is 15.8 Å². The normalized spacial score (nSPS) is 12.0. The smallest absolute Gasteiger partial charge is 0.0891 e. The van der Waals surface area contributed by atoms with Crippen LogP contribution in [0.15, 0.2) is 10.5 Å². The maximum absolute atomic E-state index is 9.81. The van der Waals surface area contributed by atoms with E-state index in [1.807, 2.05) is 19.9 Å². The van der Waals surface area contributed by atoms with E-state index in [9.17, 15) is 5.11 Å². The van der Waals surface area contributed by atoms with Gasteiger partial charge in [-0.1, -0.05) is 0 Å². The lowest BCUT2D eigenvalue weighted by atomic mass is 10.2. The molecular formula is C11H13BrOS. The Bertz CT molecular complexity index is 340. The molecule has 1 nitrogen and oxygen atoms in total. The average molecular weight is 273 g/mol. The van der Waals surface area contributed by atoms with E-state index in [4.69, 9.17) is 0 Å². The standard InChI is InChI=1S/C11H13BrOS/c1-3-4-5-6-10(13)11-7-9(12)8(2)14-11/h7,10,13H,5-6H2,1-2H3.